The van der Waals surface area contributed by atoms with Gasteiger partial charge in [0, 0.05) is 32.1 Å². The number of hydrogen-bond donors (Lipinski definition) is 3. The second-order valence-corrected chi connectivity index (χ2v) is 4.54. The Bertz CT molecular complexity index is 280. The third-order valence-corrected chi connectivity index (χ3v) is 2.86. The van der Waals surface area contributed by atoms with Crippen LogP contribution < -0.4 is 11.1 Å². The fourth-order valence-electron chi connectivity index (χ4n) is 2.22. The predicted molar refractivity (Wildman–Crippen MR) is 59.0 cm³/mol. The maximum absolute atomic E-state index is 11.8. The Morgan fingerprint density at radius 3 is 2.44 bits per heavy atom. The molecule has 1 aliphatic carbocycles. The fourth-order valence-corrected chi connectivity index (χ4v) is 2.22. The van der Waals surface area contributed by atoms with Crippen molar-refractivity contribution in [3.8, 4) is 0 Å². The predicted octanol–water partition coefficient (Wildman–Crippen LogP) is -0.162. The second kappa shape index (κ2) is 5.16. The van der Waals surface area contributed by atoms with Gasteiger partial charge >= 0.3 is 6.09 Å². The number of carbonyl (C=O) groups is 2. The molecule has 92 valence electrons. The van der Waals surface area contributed by atoms with Gasteiger partial charge in [0.1, 0.15) is 0 Å². The summed E-state index contributed by atoms with van der Waals surface area (Å²) in [6.07, 6.45) is 0.713. The summed E-state index contributed by atoms with van der Waals surface area (Å²) in [5, 5.41) is 11.0. The molecule has 2 amide bonds. The molecule has 16 heavy (non-hydrogen) atoms. The summed E-state index contributed by atoms with van der Waals surface area (Å²) in [4.78, 5) is 23.8. The van der Waals surface area contributed by atoms with Crippen LogP contribution in [0.2, 0.25) is 0 Å². The normalized spacial score (nSPS) is 29.6. The van der Waals surface area contributed by atoms with Crippen molar-refractivity contribution >= 4 is 12.0 Å². The van der Waals surface area contributed by atoms with Crippen LogP contribution in [0.25, 0.3) is 0 Å². The zero-order valence-corrected chi connectivity index (χ0v) is 9.64. The van der Waals surface area contributed by atoms with Crippen LogP contribution >= 0.6 is 0 Å². The lowest BCUT2D eigenvalue weighted by Crippen LogP contribution is -2.47. The van der Waals surface area contributed by atoms with E-state index in [2.05, 4.69) is 5.32 Å². The molecule has 0 bridgehead atoms. The summed E-state index contributed by atoms with van der Waals surface area (Å²) < 4.78 is 0. The van der Waals surface area contributed by atoms with E-state index in [1.807, 2.05) is 0 Å². The van der Waals surface area contributed by atoms with Gasteiger partial charge in [-0.05, 0) is 19.3 Å². The Morgan fingerprint density at radius 1 is 1.31 bits per heavy atom. The van der Waals surface area contributed by atoms with Crippen LogP contribution in [-0.2, 0) is 4.79 Å². The maximum atomic E-state index is 11.8. The Morgan fingerprint density at radius 2 is 1.94 bits per heavy atom. The van der Waals surface area contributed by atoms with Crippen LogP contribution in [0.5, 0.6) is 0 Å². The van der Waals surface area contributed by atoms with Crippen molar-refractivity contribution < 1.29 is 14.7 Å². The minimum atomic E-state index is -1.06. The van der Waals surface area contributed by atoms with Crippen LogP contribution in [0, 0.1) is 5.92 Å². The highest BCUT2D eigenvalue weighted by atomic mass is 16.4. The first-order valence-electron chi connectivity index (χ1n) is 5.36. The van der Waals surface area contributed by atoms with Gasteiger partial charge in [0.25, 0.3) is 0 Å². The van der Waals surface area contributed by atoms with Gasteiger partial charge in [-0.3, -0.25) is 4.79 Å². The molecule has 0 aliphatic heterocycles. The molecule has 4 N–H and O–H groups in total. The van der Waals surface area contributed by atoms with Crippen LogP contribution in [0.4, 0.5) is 4.79 Å². The van der Waals surface area contributed by atoms with Crippen molar-refractivity contribution in [2.24, 2.45) is 11.7 Å². The Hall–Kier alpha value is -1.30. The number of carbonyl (C=O) groups excluding carboxylic acids is 1. The lowest BCUT2D eigenvalue weighted by molar-refractivity contribution is -0.134. The van der Waals surface area contributed by atoms with E-state index in [1.54, 1.807) is 14.1 Å². The number of hydrogen-bond acceptors (Lipinski definition) is 3. The molecule has 0 aromatic carbocycles. The SMILES string of the molecule is CN(C)C(=O)[C@H]1C[C@@H](N)C[C@@H](NC(=O)O)C1. The Balaban J connectivity index is 2.60. The third kappa shape index (κ3) is 3.37. The molecule has 1 rings (SSSR count). The molecular formula is C10H19N3O3. The van der Waals surface area contributed by atoms with Crippen molar-refractivity contribution in [3.63, 3.8) is 0 Å². The summed E-state index contributed by atoms with van der Waals surface area (Å²) >= 11 is 0. The summed E-state index contributed by atoms with van der Waals surface area (Å²) in [6, 6.07) is -0.324. The van der Waals surface area contributed by atoms with Gasteiger partial charge in [0.15, 0.2) is 0 Å². The van der Waals surface area contributed by atoms with Gasteiger partial charge in [-0.1, -0.05) is 0 Å². The number of nitrogens with zero attached hydrogens (tertiary/aromatic N) is 1. The molecular weight excluding hydrogens is 210 g/mol. The Kier molecular flexibility index (Phi) is 4.12. The summed E-state index contributed by atoms with van der Waals surface area (Å²) in [6.45, 7) is 0. The van der Waals surface area contributed by atoms with E-state index in [0.29, 0.717) is 19.3 Å². The molecule has 0 unspecified atom stereocenters. The summed E-state index contributed by atoms with van der Waals surface area (Å²) in [5.41, 5.74) is 5.83. The van der Waals surface area contributed by atoms with Crippen LogP contribution in [0.15, 0.2) is 0 Å². The Labute approximate surface area is 94.8 Å². The molecule has 0 saturated heterocycles. The van der Waals surface area contributed by atoms with E-state index >= 15 is 0 Å². The molecule has 6 nitrogen and oxygen atoms in total. The van der Waals surface area contributed by atoms with Gasteiger partial charge in [0.05, 0.1) is 0 Å². The lowest BCUT2D eigenvalue weighted by Gasteiger charge is -2.33. The quantitative estimate of drug-likeness (QED) is 0.613. The smallest absolute Gasteiger partial charge is 0.404 e. The van der Waals surface area contributed by atoms with Gasteiger partial charge in [-0.25, -0.2) is 4.79 Å². The lowest BCUT2D eigenvalue weighted by atomic mass is 9.82. The molecule has 1 aliphatic rings. The van der Waals surface area contributed by atoms with Crippen molar-refractivity contribution in [2.75, 3.05) is 14.1 Å². The van der Waals surface area contributed by atoms with Gasteiger partial charge in [-0.2, -0.15) is 0 Å². The van der Waals surface area contributed by atoms with E-state index in [0.717, 1.165) is 0 Å². The van der Waals surface area contributed by atoms with Gasteiger partial charge in [-0.15, -0.1) is 0 Å². The van der Waals surface area contributed by atoms with Crippen molar-refractivity contribution in [1.29, 1.82) is 0 Å². The highest BCUT2D eigenvalue weighted by Gasteiger charge is 2.32. The van der Waals surface area contributed by atoms with Gasteiger partial charge in [0.2, 0.25) is 5.91 Å². The van der Waals surface area contributed by atoms with E-state index in [-0.39, 0.29) is 23.9 Å². The largest absolute Gasteiger partial charge is 0.465 e. The molecule has 1 fully saturated rings. The van der Waals surface area contributed by atoms with E-state index in [4.69, 9.17) is 10.8 Å². The number of amides is 2. The average molecular weight is 229 g/mol. The van der Waals surface area contributed by atoms with E-state index in [9.17, 15) is 9.59 Å². The first-order valence-corrected chi connectivity index (χ1v) is 5.36. The first kappa shape index (κ1) is 12.8. The second-order valence-electron chi connectivity index (χ2n) is 4.54. The molecule has 1 saturated carbocycles. The van der Waals surface area contributed by atoms with Crippen LogP contribution in [0.1, 0.15) is 19.3 Å². The molecule has 0 radical (unpaired) electrons. The summed E-state index contributed by atoms with van der Waals surface area (Å²) in [5.74, 6) is -0.150. The molecule has 0 spiro atoms. The van der Waals surface area contributed by atoms with Crippen molar-refractivity contribution in [2.45, 2.75) is 31.3 Å². The topological polar surface area (TPSA) is 95.7 Å². The number of nitrogens with one attached hydrogen (secondary N) is 1. The number of nitrogens with two attached hydrogens (primary N) is 1. The molecule has 3 atom stereocenters. The monoisotopic (exact) mass is 229 g/mol. The molecule has 0 heterocycles. The van der Waals surface area contributed by atoms with E-state index in [1.165, 1.54) is 4.90 Å². The number of rotatable bonds is 2. The first-order chi connectivity index (χ1) is 7.40. The van der Waals surface area contributed by atoms with Crippen LogP contribution in [-0.4, -0.2) is 48.2 Å². The molecule has 6 heteroatoms. The fraction of sp³-hybridized carbons (Fsp3) is 0.800. The highest BCUT2D eigenvalue weighted by molar-refractivity contribution is 5.78. The minimum absolute atomic E-state index is 0.0207. The van der Waals surface area contributed by atoms with Gasteiger partial charge < -0.3 is 21.1 Å². The van der Waals surface area contributed by atoms with Crippen molar-refractivity contribution in [3.05, 3.63) is 0 Å². The zero-order chi connectivity index (χ0) is 12.3. The minimum Gasteiger partial charge on any atom is -0.465 e. The van der Waals surface area contributed by atoms with Crippen molar-refractivity contribution in [1.82, 2.24) is 10.2 Å². The van der Waals surface area contributed by atoms with Crippen LogP contribution in [0.3, 0.4) is 0 Å². The average Bonchev–Trinajstić information content (AvgIpc) is 2.14. The summed E-state index contributed by atoms with van der Waals surface area (Å²) in [7, 11) is 3.39. The molecule has 0 aromatic rings. The third-order valence-electron chi connectivity index (χ3n) is 2.86. The number of carboxylic acid groups (broad SMARTS) is 1. The molecule has 0 aromatic heterocycles. The standard InChI is InChI=1S/C10H19N3O3/c1-13(2)9(14)6-3-7(11)5-8(4-6)12-10(15)16/h6-8,12H,3-5,11H2,1-2H3,(H,15,16)/t6-,7+,8-/m0/s1. The highest BCUT2D eigenvalue weighted by Crippen LogP contribution is 2.25. The maximum Gasteiger partial charge on any atom is 0.404 e. The zero-order valence-electron chi connectivity index (χ0n) is 9.64. The van der Waals surface area contributed by atoms with E-state index < -0.39 is 6.09 Å².